The molecular formula is C22H13FN2O. The van der Waals surface area contributed by atoms with Crippen molar-refractivity contribution in [2.45, 2.75) is 0 Å². The number of Topliss-reactive ketones (excluding diaryl/α,β-unsaturated/α-hetero) is 1. The summed E-state index contributed by atoms with van der Waals surface area (Å²) in [5, 5.41) is 0.905. The summed E-state index contributed by atoms with van der Waals surface area (Å²) in [5.41, 5.74) is 5.07. The molecular weight excluding hydrogens is 327 g/mol. The Balaban J connectivity index is 1.71. The number of H-pyrrole nitrogens is 1. The third kappa shape index (κ3) is 2.12. The van der Waals surface area contributed by atoms with E-state index in [4.69, 9.17) is 0 Å². The predicted molar refractivity (Wildman–Crippen MR) is 101 cm³/mol. The number of para-hydroxylation sites is 1. The highest BCUT2D eigenvalue weighted by molar-refractivity contribution is 6.55. The van der Waals surface area contributed by atoms with Gasteiger partial charge in [0, 0.05) is 33.8 Å². The Morgan fingerprint density at radius 3 is 2.35 bits per heavy atom. The predicted octanol–water partition coefficient (Wildman–Crippen LogP) is 5.29. The van der Waals surface area contributed by atoms with E-state index in [1.165, 1.54) is 12.1 Å². The molecule has 0 radical (unpaired) electrons. The van der Waals surface area contributed by atoms with Gasteiger partial charge in [-0.15, -0.1) is 0 Å². The van der Waals surface area contributed by atoms with E-state index in [1.54, 1.807) is 12.1 Å². The van der Waals surface area contributed by atoms with Crippen molar-refractivity contribution in [3.8, 4) is 11.1 Å². The second-order valence-electron chi connectivity index (χ2n) is 6.24. The van der Waals surface area contributed by atoms with Crippen LogP contribution in [0.3, 0.4) is 0 Å². The fourth-order valence-electron chi connectivity index (χ4n) is 3.49. The van der Waals surface area contributed by atoms with Crippen molar-refractivity contribution in [1.29, 1.82) is 0 Å². The average molecular weight is 340 g/mol. The molecule has 1 aliphatic heterocycles. The SMILES string of the molecule is O=C1C(c2ccccc2-c2c[nH]c3cc(F)ccc23)=Nc2ccccc21. The Bertz CT molecular complexity index is 1220. The smallest absolute Gasteiger partial charge is 0.214 e. The van der Waals surface area contributed by atoms with Crippen LogP contribution in [0.15, 0.2) is 77.9 Å². The van der Waals surface area contributed by atoms with Crippen LogP contribution in [0.1, 0.15) is 15.9 Å². The molecule has 0 atom stereocenters. The van der Waals surface area contributed by atoms with E-state index < -0.39 is 0 Å². The quantitative estimate of drug-likeness (QED) is 0.529. The summed E-state index contributed by atoms with van der Waals surface area (Å²) in [5.74, 6) is -0.357. The molecule has 4 heteroatoms. The molecule has 0 saturated carbocycles. The van der Waals surface area contributed by atoms with Gasteiger partial charge >= 0.3 is 0 Å². The normalized spacial score (nSPS) is 13.1. The first-order chi connectivity index (χ1) is 12.7. The van der Waals surface area contributed by atoms with Gasteiger partial charge in [-0.3, -0.25) is 4.79 Å². The van der Waals surface area contributed by atoms with E-state index in [9.17, 15) is 9.18 Å². The molecule has 0 saturated heterocycles. The zero-order chi connectivity index (χ0) is 17.7. The lowest BCUT2D eigenvalue weighted by Gasteiger charge is -2.08. The summed E-state index contributed by atoms with van der Waals surface area (Å²) in [4.78, 5) is 20.5. The third-order valence-electron chi connectivity index (χ3n) is 4.71. The van der Waals surface area contributed by atoms with Crippen LogP contribution in [-0.2, 0) is 0 Å². The van der Waals surface area contributed by atoms with Crippen molar-refractivity contribution in [2.24, 2.45) is 4.99 Å². The van der Waals surface area contributed by atoms with Gasteiger partial charge in [-0.05, 0) is 35.9 Å². The number of carbonyl (C=O) groups is 1. The second kappa shape index (κ2) is 5.49. The summed E-state index contributed by atoms with van der Waals surface area (Å²) >= 11 is 0. The van der Waals surface area contributed by atoms with Gasteiger partial charge < -0.3 is 4.98 Å². The molecule has 3 aromatic carbocycles. The van der Waals surface area contributed by atoms with E-state index in [-0.39, 0.29) is 11.6 Å². The van der Waals surface area contributed by atoms with Crippen molar-refractivity contribution in [3.63, 3.8) is 0 Å². The average Bonchev–Trinajstić information content (AvgIpc) is 3.23. The Morgan fingerprint density at radius 1 is 0.808 bits per heavy atom. The molecule has 0 unspecified atom stereocenters. The molecule has 1 aromatic heterocycles. The van der Waals surface area contributed by atoms with Crippen molar-refractivity contribution in [1.82, 2.24) is 4.98 Å². The molecule has 1 aliphatic rings. The van der Waals surface area contributed by atoms with E-state index >= 15 is 0 Å². The summed E-state index contributed by atoms with van der Waals surface area (Å²) in [7, 11) is 0. The monoisotopic (exact) mass is 340 g/mol. The zero-order valence-electron chi connectivity index (χ0n) is 13.7. The number of hydrogen-bond donors (Lipinski definition) is 1. The summed E-state index contributed by atoms with van der Waals surface area (Å²) in [6.45, 7) is 0. The first-order valence-corrected chi connectivity index (χ1v) is 8.31. The largest absolute Gasteiger partial charge is 0.360 e. The molecule has 124 valence electrons. The maximum Gasteiger partial charge on any atom is 0.214 e. The lowest BCUT2D eigenvalue weighted by Crippen LogP contribution is -2.12. The van der Waals surface area contributed by atoms with Crippen LogP contribution in [0.5, 0.6) is 0 Å². The van der Waals surface area contributed by atoms with Gasteiger partial charge in [-0.2, -0.15) is 0 Å². The first-order valence-electron chi connectivity index (χ1n) is 8.31. The molecule has 0 amide bonds. The highest BCUT2D eigenvalue weighted by Crippen LogP contribution is 2.35. The van der Waals surface area contributed by atoms with Gasteiger partial charge in [-0.25, -0.2) is 9.38 Å². The van der Waals surface area contributed by atoms with Crippen LogP contribution in [0.4, 0.5) is 10.1 Å². The maximum absolute atomic E-state index is 13.5. The van der Waals surface area contributed by atoms with Crippen LogP contribution in [0.2, 0.25) is 0 Å². The zero-order valence-corrected chi connectivity index (χ0v) is 13.7. The second-order valence-corrected chi connectivity index (χ2v) is 6.24. The molecule has 2 heterocycles. The molecule has 3 nitrogen and oxygen atoms in total. The topological polar surface area (TPSA) is 45.2 Å². The van der Waals surface area contributed by atoms with Crippen LogP contribution in [0.25, 0.3) is 22.0 Å². The molecule has 0 bridgehead atoms. The molecule has 0 fully saturated rings. The van der Waals surface area contributed by atoms with Gasteiger partial charge in [0.2, 0.25) is 5.78 Å². The molecule has 0 aliphatic carbocycles. The number of aromatic amines is 1. The van der Waals surface area contributed by atoms with Gasteiger partial charge in [0.25, 0.3) is 0 Å². The minimum Gasteiger partial charge on any atom is -0.360 e. The number of aliphatic imine (C=N–C) groups is 1. The fourth-order valence-corrected chi connectivity index (χ4v) is 3.49. The van der Waals surface area contributed by atoms with E-state index in [1.807, 2.05) is 48.7 Å². The van der Waals surface area contributed by atoms with E-state index in [0.717, 1.165) is 27.6 Å². The third-order valence-corrected chi connectivity index (χ3v) is 4.71. The number of nitrogens with zero attached hydrogens (tertiary/aromatic N) is 1. The number of carbonyl (C=O) groups excluding carboxylic acids is 1. The lowest BCUT2D eigenvalue weighted by atomic mass is 9.94. The number of ketones is 1. The fraction of sp³-hybridized carbons (Fsp3) is 0. The molecule has 26 heavy (non-hydrogen) atoms. The van der Waals surface area contributed by atoms with Gasteiger partial charge in [0.1, 0.15) is 11.5 Å². The first kappa shape index (κ1) is 14.8. The number of hydrogen-bond acceptors (Lipinski definition) is 2. The summed E-state index contributed by atoms with van der Waals surface area (Å²) < 4.78 is 13.5. The van der Waals surface area contributed by atoms with Gasteiger partial charge in [0.05, 0.1) is 5.69 Å². The van der Waals surface area contributed by atoms with E-state index in [2.05, 4.69) is 9.98 Å². The van der Waals surface area contributed by atoms with Crippen molar-refractivity contribution in [3.05, 3.63) is 89.9 Å². The maximum atomic E-state index is 13.5. The number of nitrogens with one attached hydrogen (secondary N) is 1. The molecule has 5 rings (SSSR count). The summed E-state index contributed by atoms with van der Waals surface area (Å²) in [6.07, 6.45) is 1.84. The van der Waals surface area contributed by atoms with Crippen LogP contribution < -0.4 is 0 Å². The minimum atomic E-state index is -0.287. The van der Waals surface area contributed by atoms with Crippen molar-refractivity contribution < 1.29 is 9.18 Å². The standard InChI is InChI=1S/C22H13FN2O/c23-13-9-10-15-18(12-24-20(15)11-13)14-5-1-2-6-16(14)21-22(26)17-7-3-4-8-19(17)25-21/h1-12,24H. The molecule has 1 N–H and O–H groups in total. The number of rotatable bonds is 2. The Morgan fingerprint density at radius 2 is 1.54 bits per heavy atom. The molecule has 0 spiro atoms. The van der Waals surface area contributed by atoms with E-state index in [0.29, 0.717) is 17.0 Å². The number of benzene rings is 3. The number of halogens is 1. The van der Waals surface area contributed by atoms with Gasteiger partial charge in [0.15, 0.2) is 0 Å². The highest BCUT2D eigenvalue weighted by atomic mass is 19.1. The summed E-state index contributed by atoms with van der Waals surface area (Å²) in [6, 6.07) is 19.7. The Kier molecular flexibility index (Phi) is 3.12. The van der Waals surface area contributed by atoms with Crippen molar-refractivity contribution >= 4 is 28.1 Å². The number of fused-ring (bicyclic) bond motifs is 2. The molecule has 4 aromatic rings. The Hall–Kier alpha value is -3.53. The minimum absolute atomic E-state index is 0.0704. The highest BCUT2D eigenvalue weighted by Gasteiger charge is 2.27. The van der Waals surface area contributed by atoms with Crippen LogP contribution >= 0.6 is 0 Å². The van der Waals surface area contributed by atoms with Crippen LogP contribution in [0, 0.1) is 5.82 Å². The van der Waals surface area contributed by atoms with Crippen molar-refractivity contribution in [2.75, 3.05) is 0 Å². The number of aromatic nitrogens is 1. The van der Waals surface area contributed by atoms with Gasteiger partial charge in [-0.1, -0.05) is 36.4 Å². The van der Waals surface area contributed by atoms with Crippen LogP contribution in [-0.4, -0.2) is 16.5 Å². The Labute approximate surface area is 148 Å². The lowest BCUT2D eigenvalue weighted by molar-refractivity contribution is 0.107.